The fourth-order valence-corrected chi connectivity index (χ4v) is 2.03. The number of rotatable bonds is 3. The van der Waals surface area contributed by atoms with Crippen LogP contribution in [0.4, 0.5) is 10.1 Å². The average molecular weight is 293 g/mol. The Balaban J connectivity index is 2.13. The second-order valence-corrected chi connectivity index (χ2v) is 4.91. The van der Waals surface area contributed by atoms with Crippen molar-refractivity contribution in [2.75, 3.05) is 5.73 Å². The molecule has 0 saturated heterocycles. The van der Waals surface area contributed by atoms with Crippen LogP contribution >= 0.6 is 11.6 Å². The van der Waals surface area contributed by atoms with Crippen LogP contribution in [0.3, 0.4) is 0 Å². The van der Waals surface area contributed by atoms with E-state index in [0.29, 0.717) is 16.3 Å². The molecule has 2 aromatic rings. The van der Waals surface area contributed by atoms with E-state index in [9.17, 15) is 9.18 Å². The summed E-state index contributed by atoms with van der Waals surface area (Å²) in [6.07, 6.45) is 0. The van der Waals surface area contributed by atoms with Gasteiger partial charge in [0.2, 0.25) is 0 Å². The first-order chi connectivity index (χ1) is 9.47. The van der Waals surface area contributed by atoms with Crippen molar-refractivity contribution < 1.29 is 9.18 Å². The van der Waals surface area contributed by atoms with Gasteiger partial charge < -0.3 is 11.1 Å². The minimum atomic E-state index is -0.311. The van der Waals surface area contributed by atoms with E-state index in [1.54, 1.807) is 24.3 Å². The smallest absolute Gasteiger partial charge is 0.253 e. The summed E-state index contributed by atoms with van der Waals surface area (Å²) in [5.74, 6) is -0.606. The summed E-state index contributed by atoms with van der Waals surface area (Å²) in [5, 5.41) is 3.29. The highest BCUT2D eigenvalue weighted by Gasteiger charge is 2.14. The van der Waals surface area contributed by atoms with Crippen LogP contribution < -0.4 is 11.1 Å². The highest BCUT2D eigenvalue weighted by Crippen LogP contribution is 2.19. The zero-order chi connectivity index (χ0) is 14.7. The number of anilines is 1. The summed E-state index contributed by atoms with van der Waals surface area (Å²) in [6.45, 7) is 1.82. The molecule has 0 aliphatic rings. The van der Waals surface area contributed by atoms with E-state index in [-0.39, 0.29) is 17.8 Å². The summed E-state index contributed by atoms with van der Waals surface area (Å²) in [5.41, 5.74) is 7.26. The first-order valence-corrected chi connectivity index (χ1v) is 6.46. The van der Waals surface area contributed by atoms with Gasteiger partial charge in [0.25, 0.3) is 5.91 Å². The van der Waals surface area contributed by atoms with Crippen molar-refractivity contribution in [3.63, 3.8) is 0 Å². The summed E-state index contributed by atoms with van der Waals surface area (Å²) >= 11 is 5.79. The van der Waals surface area contributed by atoms with Gasteiger partial charge in [0.15, 0.2) is 0 Å². The summed E-state index contributed by atoms with van der Waals surface area (Å²) in [7, 11) is 0. The monoisotopic (exact) mass is 292 g/mol. The molecule has 20 heavy (non-hydrogen) atoms. The molecule has 104 valence electrons. The predicted octanol–water partition coefficient (Wildman–Crippen LogP) is 3.55. The molecule has 5 heteroatoms. The number of hydrogen-bond acceptors (Lipinski definition) is 2. The lowest BCUT2D eigenvalue weighted by Crippen LogP contribution is -2.27. The molecule has 0 fully saturated rings. The highest BCUT2D eigenvalue weighted by atomic mass is 35.5. The van der Waals surface area contributed by atoms with Gasteiger partial charge in [-0.1, -0.05) is 23.7 Å². The highest BCUT2D eigenvalue weighted by molar-refractivity contribution is 6.31. The zero-order valence-electron chi connectivity index (χ0n) is 10.9. The van der Waals surface area contributed by atoms with Crippen LogP contribution in [0, 0.1) is 5.82 Å². The molecule has 0 aliphatic heterocycles. The standard InChI is InChI=1S/C15H14ClFN2O/c1-9(10-2-5-12(17)6-3-10)19-15(20)13-7-4-11(16)8-14(13)18/h2-9H,18H2,1H3,(H,19,20)/t9-/m1/s1. The van der Waals surface area contributed by atoms with Crippen molar-refractivity contribution >= 4 is 23.2 Å². The Morgan fingerprint density at radius 3 is 2.50 bits per heavy atom. The molecular formula is C15H14ClFN2O. The van der Waals surface area contributed by atoms with Crippen LogP contribution in [-0.4, -0.2) is 5.91 Å². The van der Waals surface area contributed by atoms with Crippen molar-refractivity contribution in [2.24, 2.45) is 0 Å². The molecule has 1 amide bonds. The van der Waals surface area contributed by atoms with E-state index in [1.807, 2.05) is 6.92 Å². The number of carbonyl (C=O) groups excluding carboxylic acids is 1. The number of nitrogen functional groups attached to an aromatic ring is 1. The van der Waals surface area contributed by atoms with Gasteiger partial charge in [-0.3, -0.25) is 4.79 Å². The first kappa shape index (κ1) is 14.3. The van der Waals surface area contributed by atoms with Gasteiger partial charge >= 0.3 is 0 Å². The van der Waals surface area contributed by atoms with Crippen molar-refractivity contribution in [3.05, 3.63) is 64.4 Å². The van der Waals surface area contributed by atoms with Gasteiger partial charge in [0, 0.05) is 10.7 Å². The van der Waals surface area contributed by atoms with Crippen LogP contribution in [0.25, 0.3) is 0 Å². The van der Waals surface area contributed by atoms with Crippen LogP contribution in [0.5, 0.6) is 0 Å². The summed E-state index contributed by atoms with van der Waals surface area (Å²) in [6, 6.07) is 10.4. The van der Waals surface area contributed by atoms with Crippen molar-refractivity contribution in [1.82, 2.24) is 5.32 Å². The van der Waals surface area contributed by atoms with Gasteiger partial charge in [0.1, 0.15) is 5.82 Å². The van der Waals surface area contributed by atoms with E-state index in [0.717, 1.165) is 5.56 Å². The third-order valence-electron chi connectivity index (χ3n) is 2.98. The third kappa shape index (κ3) is 3.27. The molecule has 0 radical (unpaired) electrons. The Kier molecular flexibility index (Phi) is 4.25. The van der Waals surface area contributed by atoms with Crippen molar-refractivity contribution in [3.8, 4) is 0 Å². The first-order valence-electron chi connectivity index (χ1n) is 6.08. The SMILES string of the molecule is C[C@@H](NC(=O)c1ccc(Cl)cc1N)c1ccc(F)cc1. The third-order valence-corrected chi connectivity index (χ3v) is 3.21. The van der Waals surface area contributed by atoms with Crippen molar-refractivity contribution in [2.45, 2.75) is 13.0 Å². The Bertz CT molecular complexity index is 628. The number of nitrogens with one attached hydrogen (secondary N) is 1. The zero-order valence-corrected chi connectivity index (χ0v) is 11.6. The Hall–Kier alpha value is -2.07. The lowest BCUT2D eigenvalue weighted by Gasteiger charge is -2.15. The Morgan fingerprint density at radius 1 is 1.25 bits per heavy atom. The quantitative estimate of drug-likeness (QED) is 0.850. The fourth-order valence-electron chi connectivity index (χ4n) is 1.85. The number of hydrogen-bond donors (Lipinski definition) is 2. The second kappa shape index (κ2) is 5.92. The number of nitrogens with two attached hydrogens (primary N) is 1. The number of benzene rings is 2. The average Bonchev–Trinajstić information content (AvgIpc) is 2.39. The lowest BCUT2D eigenvalue weighted by molar-refractivity contribution is 0.0941. The molecule has 0 aliphatic carbocycles. The van der Waals surface area contributed by atoms with Crippen LogP contribution in [0.1, 0.15) is 28.9 Å². The van der Waals surface area contributed by atoms with Gasteiger partial charge in [-0.2, -0.15) is 0 Å². The van der Waals surface area contributed by atoms with Gasteiger partial charge in [-0.05, 0) is 42.8 Å². The molecule has 2 rings (SSSR count). The maximum atomic E-state index is 12.9. The molecule has 1 atom stereocenters. The van der Waals surface area contributed by atoms with Crippen LogP contribution in [0.15, 0.2) is 42.5 Å². The fraction of sp³-hybridized carbons (Fsp3) is 0.133. The van der Waals surface area contributed by atoms with Crippen LogP contribution in [-0.2, 0) is 0 Å². The normalized spacial score (nSPS) is 11.9. The lowest BCUT2D eigenvalue weighted by atomic mass is 10.1. The summed E-state index contributed by atoms with van der Waals surface area (Å²) < 4.78 is 12.9. The molecule has 2 aromatic carbocycles. The predicted molar refractivity (Wildman–Crippen MR) is 78.1 cm³/mol. The molecule has 0 aromatic heterocycles. The number of amides is 1. The van der Waals surface area contributed by atoms with Gasteiger partial charge in [-0.15, -0.1) is 0 Å². The minimum Gasteiger partial charge on any atom is -0.398 e. The molecule has 0 saturated carbocycles. The van der Waals surface area contributed by atoms with Gasteiger partial charge in [0.05, 0.1) is 11.6 Å². The molecule has 3 nitrogen and oxygen atoms in total. The summed E-state index contributed by atoms with van der Waals surface area (Å²) in [4.78, 5) is 12.1. The molecule has 0 heterocycles. The molecule has 0 spiro atoms. The van der Waals surface area contributed by atoms with Gasteiger partial charge in [-0.25, -0.2) is 4.39 Å². The Labute approximate surface area is 121 Å². The topological polar surface area (TPSA) is 55.1 Å². The molecule has 0 bridgehead atoms. The van der Waals surface area contributed by atoms with E-state index >= 15 is 0 Å². The maximum Gasteiger partial charge on any atom is 0.253 e. The number of halogens is 2. The van der Waals surface area contributed by atoms with Crippen LogP contribution in [0.2, 0.25) is 5.02 Å². The Morgan fingerprint density at radius 2 is 1.90 bits per heavy atom. The number of carbonyl (C=O) groups is 1. The van der Waals surface area contributed by atoms with E-state index in [2.05, 4.69) is 5.32 Å². The van der Waals surface area contributed by atoms with E-state index in [4.69, 9.17) is 17.3 Å². The van der Waals surface area contributed by atoms with E-state index in [1.165, 1.54) is 18.2 Å². The van der Waals surface area contributed by atoms with Crippen molar-refractivity contribution in [1.29, 1.82) is 0 Å². The molecular weight excluding hydrogens is 279 g/mol. The molecule has 0 unspecified atom stereocenters. The maximum absolute atomic E-state index is 12.9. The van der Waals surface area contributed by atoms with E-state index < -0.39 is 0 Å². The molecule has 3 N–H and O–H groups in total. The second-order valence-electron chi connectivity index (χ2n) is 4.48. The largest absolute Gasteiger partial charge is 0.398 e. The minimum absolute atomic E-state index is 0.252.